The molecule has 0 unspecified atom stereocenters. The highest BCUT2D eigenvalue weighted by Crippen LogP contribution is 2.33. The summed E-state index contributed by atoms with van der Waals surface area (Å²) in [6, 6.07) is 27.4. The van der Waals surface area contributed by atoms with Crippen molar-refractivity contribution < 1.29 is 4.74 Å². The Labute approximate surface area is 171 Å². The van der Waals surface area contributed by atoms with Crippen LogP contribution in [-0.4, -0.2) is 29.6 Å². The number of fused-ring (bicyclic) bond motifs is 2. The normalized spacial score (nSPS) is 13.9. The summed E-state index contributed by atoms with van der Waals surface area (Å²) in [6.07, 6.45) is 2.96. The summed E-state index contributed by atoms with van der Waals surface area (Å²) < 4.78 is 6.24. The molecule has 0 bridgehead atoms. The SMILES string of the molecule is c1ccc(-c2ccc(OCCN3CCc4ccccc4C3)c3ccccc23)nc1. The van der Waals surface area contributed by atoms with Crippen LogP contribution in [0.4, 0.5) is 0 Å². The quantitative estimate of drug-likeness (QED) is 0.467. The van der Waals surface area contributed by atoms with Gasteiger partial charge in [0, 0.05) is 36.8 Å². The monoisotopic (exact) mass is 380 g/mol. The Morgan fingerprint density at radius 2 is 1.59 bits per heavy atom. The average Bonchev–Trinajstić information content (AvgIpc) is 2.79. The summed E-state index contributed by atoms with van der Waals surface area (Å²) in [4.78, 5) is 7.00. The highest BCUT2D eigenvalue weighted by atomic mass is 16.5. The van der Waals surface area contributed by atoms with E-state index in [-0.39, 0.29) is 0 Å². The van der Waals surface area contributed by atoms with E-state index in [1.165, 1.54) is 16.5 Å². The average molecular weight is 380 g/mol. The Bertz CT molecular complexity index is 1120. The lowest BCUT2D eigenvalue weighted by Crippen LogP contribution is -2.33. The number of nitrogens with zero attached hydrogens (tertiary/aromatic N) is 2. The van der Waals surface area contributed by atoms with Gasteiger partial charge in [-0.3, -0.25) is 9.88 Å². The van der Waals surface area contributed by atoms with Crippen molar-refractivity contribution in [3.63, 3.8) is 0 Å². The Kier molecular flexibility index (Phi) is 4.97. The highest BCUT2D eigenvalue weighted by Gasteiger charge is 2.15. The van der Waals surface area contributed by atoms with Gasteiger partial charge in [-0.25, -0.2) is 0 Å². The molecule has 3 aromatic carbocycles. The molecule has 0 aliphatic carbocycles. The van der Waals surface area contributed by atoms with Crippen molar-refractivity contribution in [3.8, 4) is 17.0 Å². The minimum Gasteiger partial charge on any atom is -0.492 e. The number of ether oxygens (including phenoxy) is 1. The van der Waals surface area contributed by atoms with Gasteiger partial charge in [-0.2, -0.15) is 0 Å². The second-order valence-corrected chi connectivity index (χ2v) is 7.52. The van der Waals surface area contributed by atoms with Gasteiger partial charge in [-0.1, -0.05) is 54.6 Å². The van der Waals surface area contributed by atoms with Gasteiger partial charge >= 0.3 is 0 Å². The zero-order chi connectivity index (χ0) is 19.5. The van der Waals surface area contributed by atoms with Crippen molar-refractivity contribution in [1.82, 2.24) is 9.88 Å². The van der Waals surface area contributed by atoms with Gasteiger partial charge in [0.25, 0.3) is 0 Å². The van der Waals surface area contributed by atoms with E-state index < -0.39 is 0 Å². The summed E-state index contributed by atoms with van der Waals surface area (Å²) in [7, 11) is 0. The molecule has 144 valence electrons. The van der Waals surface area contributed by atoms with E-state index in [9.17, 15) is 0 Å². The zero-order valence-corrected chi connectivity index (χ0v) is 16.4. The molecule has 0 fully saturated rings. The smallest absolute Gasteiger partial charge is 0.127 e. The number of pyridine rings is 1. The molecule has 1 aliphatic rings. The second kappa shape index (κ2) is 8.06. The Morgan fingerprint density at radius 1 is 0.793 bits per heavy atom. The molecular formula is C26H24N2O. The molecule has 1 aromatic heterocycles. The second-order valence-electron chi connectivity index (χ2n) is 7.52. The van der Waals surface area contributed by atoms with E-state index in [0.717, 1.165) is 48.4 Å². The van der Waals surface area contributed by atoms with E-state index in [4.69, 9.17) is 4.74 Å². The van der Waals surface area contributed by atoms with Crippen molar-refractivity contribution in [2.24, 2.45) is 0 Å². The summed E-state index contributed by atoms with van der Waals surface area (Å²) in [5, 5.41) is 2.32. The Balaban J connectivity index is 1.32. The van der Waals surface area contributed by atoms with Gasteiger partial charge in [-0.05, 0) is 47.2 Å². The summed E-state index contributed by atoms with van der Waals surface area (Å²) in [5.74, 6) is 0.942. The molecule has 4 aromatic rings. The molecule has 0 radical (unpaired) electrons. The molecule has 0 atom stereocenters. The lowest BCUT2D eigenvalue weighted by molar-refractivity contribution is 0.197. The fourth-order valence-electron chi connectivity index (χ4n) is 4.17. The van der Waals surface area contributed by atoms with Gasteiger partial charge in [0.05, 0.1) is 5.69 Å². The van der Waals surface area contributed by atoms with Crippen molar-refractivity contribution in [2.75, 3.05) is 19.7 Å². The maximum Gasteiger partial charge on any atom is 0.127 e. The Morgan fingerprint density at radius 3 is 2.45 bits per heavy atom. The number of hydrogen-bond acceptors (Lipinski definition) is 3. The third-order valence-corrected chi connectivity index (χ3v) is 5.70. The Hall–Kier alpha value is -3.17. The number of hydrogen-bond donors (Lipinski definition) is 0. The van der Waals surface area contributed by atoms with E-state index in [0.29, 0.717) is 6.61 Å². The van der Waals surface area contributed by atoms with E-state index >= 15 is 0 Å². The molecule has 1 aliphatic heterocycles. The first-order valence-electron chi connectivity index (χ1n) is 10.2. The van der Waals surface area contributed by atoms with Gasteiger partial charge in [0.15, 0.2) is 0 Å². The van der Waals surface area contributed by atoms with Crippen molar-refractivity contribution in [1.29, 1.82) is 0 Å². The lowest BCUT2D eigenvalue weighted by Gasteiger charge is -2.28. The van der Waals surface area contributed by atoms with Crippen molar-refractivity contribution in [3.05, 3.63) is 96.2 Å². The number of aromatic nitrogens is 1. The molecule has 2 heterocycles. The minimum atomic E-state index is 0.690. The third-order valence-electron chi connectivity index (χ3n) is 5.70. The summed E-state index contributed by atoms with van der Waals surface area (Å²) in [5.41, 5.74) is 5.06. The molecule has 29 heavy (non-hydrogen) atoms. The van der Waals surface area contributed by atoms with Crippen molar-refractivity contribution in [2.45, 2.75) is 13.0 Å². The van der Waals surface area contributed by atoms with Gasteiger partial charge in [0.2, 0.25) is 0 Å². The van der Waals surface area contributed by atoms with Crippen LogP contribution in [0, 0.1) is 0 Å². The maximum atomic E-state index is 6.24. The third kappa shape index (κ3) is 3.74. The van der Waals surface area contributed by atoms with Crippen LogP contribution in [0.3, 0.4) is 0 Å². The van der Waals surface area contributed by atoms with Crippen LogP contribution in [0.5, 0.6) is 5.75 Å². The predicted octanol–water partition coefficient (Wildman–Crippen LogP) is 5.34. The van der Waals surface area contributed by atoms with Crippen LogP contribution in [0.15, 0.2) is 85.1 Å². The standard InChI is InChI=1S/C26H24N2O/c1-2-8-21-19-28(16-14-20(21)7-1)17-18-29-26-13-12-23(25-11-5-6-15-27-25)22-9-3-4-10-24(22)26/h1-13,15H,14,16-19H2. The lowest BCUT2D eigenvalue weighted by atomic mass is 10.00. The molecule has 3 nitrogen and oxygen atoms in total. The largest absolute Gasteiger partial charge is 0.492 e. The van der Waals surface area contributed by atoms with E-state index in [2.05, 4.69) is 76.6 Å². The van der Waals surface area contributed by atoms with E-state index in [1.807, 2.05) is 18.3 Å². The number of rotatable bonds is 5. The molecule has 5 rings (SSSR count). The summed E-state index contributed by atoms with van der Waals surface area (Å²) >= 11 is 0. The van der Waals surface area contributed by atoms with Crippen LogP contribution in [0.25, 0.3) is 22.0 Å². The number of benzene rings is 3. The first-order valence-corrected chi connectivity index (χ1v) is 10.2. The fourth-order valence-corrected chi connectivity index (χ4v) is 4.17. The van der Waals surface area contributed by atoms with Crippen LogP contribution >= 0.6 is 0 Å². The van der Waals surface area contributed by atoms with Gasteiger partial charge in [0.1, 0.15) is 12.4 Å². The molecular weight excluding hydrogens is 356 g/mol. The summed E-state index contributed by atoms with van der Waals surface area (Å²) in [6.45, 7) is 3.73. The highest BCUT2D eigenvalue weighted by molar-refractivity contribution is 5.99. The molecule has 0 N–H and O–H groups in total. The first-order chi connectivity index (χ1) is 14.4. The zero-order valence-electron chi connectivity index (χ0n) is 16.4. The van der Waals surface area contributed by atoms with Crippen LogP contribution in [0.1, 0.15) is 11.1 Å². The first kappa shape index (κ1) is 17.9. The minimum absolute atomic E-state index is 0.690. The molecule has 0 amide bonds. The van der Waals surface area contributed by atoms with Crippen LogP contribution in [0.2, 0.25) is 0 Å². The topological polar surface area (TPSA) is 25.4 Å². The van der Waals surface area contributed by atoms with Crippen molar-refractivity contribution >= 4 is 10.8 Å². The van der Waals surface area contributed by atoms with Crippen LogP contribution in [-0.2, 0) is 13.0 Å². The van der Waals surface area contributed by atoms with Crippen LogP contribution < -0.4 is 4.74 Å². The molecule has 0 spiro atoms. The fraction of sp³-hybridized carbons (Fsp3) is 0.192. The predicted molar refractivity (Wildman–Crippen MR) is 118 cm³/mol. The molecule has 3 heteroatoms. The van der Waals surface area contributed by atoms with Gasteiger partial charge < -0.3 is 4.74 Å². The maximum absolute atomic E-state index is 6.24. The van der Waals surface area contributed by atoms with E-state index in [1.54, 1.807) is 0 Å². The molecule has 0 saturated heterocycles. The van der Waals surface area contributed by atoms with Gasteiger partial charge in [-0.15, -0.1) is 0 Å². The molecule has 0 saturated carbocycles.